The lowest BCUT2D eigenvalue weighted by Crippen LogP contribution is -2.58. The van der Waals surface area contributed by atoms with Gasteiger partial charge < -0.3 is 18.9 Å². The molecule has 0 aromatic carbocycles. The summed E-state index contributed by atoms with van der Waals surface area (Å²) in [6, 6.07) is -1.53. The van der Waals surface area contributed by atoms with E-state index >= 15 is 0 Å². The van der Waals surface area contributed by atoms with Crippen LogP contribution in [0.5, 0.6) is 5.75 Å². The normalized spacial score (nSPS) is 26.3. The van der Waals surface area contributed by atoms with Crippen molar-refractivity contribution in [3.8, 4) is 5.75 Å². The molecule has 3 aliphatic rings. The van der Waals surface area contributed by atoms with Gasteiger partial charge in [-0.3, -0.25) is 9.59 Å². The molecular formula is C20H24F2N2O5. The summed E-state index contributed by atoms with van der Waals surface area (Å²) in [5, 5.41) is 0. The topological polar surface area (TPSA) is 77.8 Å². The first-order chi connectivity index (χ1) is 13.8. The van der Waals surface area contributed by atoms with Gasteiger partial charge in [0.05, 0.1) is 25.3 Å². The highest BCUT2D eigenvalue weighted by atomic mass is 19.3. The summed E-state index contributed by atoms with van der Waals surface area (Å²) in [6.45, 7) is 4.10. The number of unbranched alkanes of at least 4 members (excludes halogenated alkanes) is 1. The highest BCUT2D eigenvalue weighted by Crippen LogP contribution is 2.53. The van der Waals surface area contributed by atoms with Crippen LogP contribution in [0.1, 0.15) is 60.4 Å². The second-order valence-corrected chi connectivity index (χ2v) is 7.88. The van der Waals surface area contributed by atoms with Gasteiger partial charge in [-0.2, -0.15) is 0 Å². The molecule has 3 atom stereocenters. The minimum atomic E-state index is -2.92. The number of esters is 1. The number of ether oxygens (including phenoxy) is 2. The first-order valence-corrected chi connectivity index (χ1v) is 10.1. The van der Waals surface area contributed by atoms with E-state index in [2.05, 4.69) is 0 Å². The zero-order valence-electron chi connectivity index (χ0n) is 16.5. The third-order valence-electron chi connectivity index (χ3n) is 6.08. The third kappa shape index (κ3) is 3.02. The zero-order valence-corrected chi connectivity index (χ0v) is 16.5. The maximum atomic E-state index is 14.3. The maximum Gasteiger partial charge on any atom is 0.343 e. The zero-order chi connectivity index (χ0) is 20.9. The monoisotopic (exact) mass is 410 g/mol. The number of piperidine rings is 1. The molecule has 1 saturated heterocycles. The Morgan fingerprint density at radius 1 is 1.31 bits per heavy atom. The molecule has 2 fully saturated rings. The molecule has 0 spiro atoms. The van der Waals surface area contributed by atoms with Gasteiger partial charge >= 0.3 is 5.97 Å². The third-order valence-corrected chi connectivity index (χ3v) is 6.08. The summed E-state index contributed by atoms with van der Waals surface area (Å²) in [4.78, 5) is 39.6. The van der Waals surface area contributed by atoms with E-state index in [0.29, 0.717) is 6.42 Å². The highest BCUT2D eigenvalue weighted by molar-refractivity contribution is 5.98. The van der Waals surface area contributed by atoms with E-state index in [1.165, 1.54) is 15.7 Å². The number of carbonyl (C=O) groups is 2. The van der Waals surface area contributed by atoms with Crippen LogP contribution in [0, 0.1) is 5.92 Å². The standard InChI is InChI=1S/C20H24F2N2O5/c1-3-5-6-29-17-15-18(26)24-13(11-7-14(24)20(21,22)8-11)10-23(15)9-12(16(17)25)19(27)28-4-2/h9,11,13-14H,3-8,10H2,1-2H3/t11-,13-,14+/m0/s1. The van der Waals surface area contributed by atoms with Gasteiger partial charge in [-0.15, -0.1) is 0 Å². The van der Waals surface area contributed by atoms with Crippen LogP contribution < -0.4 is 10.2 Å². The molecule has 1 saturated carbocycles. The van der Waals surface area contributed by atoms with E-state index in [-0.39, 0.29) is 61.6 Å². The van der Waals surface area contributed by atoms with Crippen molar-refractivity contribution in [1.29, 1.82) is 0 Å². The summed E-state index contributed by atoms with van der Waals surface area (Å²) >= 11 is 0. The van der Waals surface area contributed by atoms with Crippen molar-refractivity contribution < 1.29 is 27.8 Å². The molecule has 158 valence electrons. The van der Waals surface area contributed by atoms with Crippen molar-refractivity contribution in [1.82, 2.24) is 9.47 Å². The number of pyridine rings is 1. The first-order valence-electron chi connectivity index (χ1n) is 10.1. The lowest BCUT2D eigenvalue weighted by Gasteiger charge is -2.43. The number of hydrogen-bond acceptors (Lipinski definition) is 5. The van der Waals surface area contributed by atoms with E-state index in [1.54, 1.807) is 6.92 Å². The van der Waals surface area contributed by atoms with Gasteiger partial charge in [0, 0.05) is 19.2 Å². The molecule has 4 rings (SSSR count). The molecular weight excluding hydrogens is 386 g/mol. The highest BCUT2D eigenvalue weighted by Gasteiger charge is 2.63. The fraction of sp³-hybridized carbons (Fsp3) is 0.650. The van der Waals surface area contributed by atoms with Crippen LogP contribution in [0.25, 0.3) is 0 Å². The lowest BCUT2D eigenvalue weighted by atomic mass is 9.94. The molecule has 1 amide bonds. The Balaban J connectivity index is 1.80. The molecule has 0 radical (unpaired) electrons. The van der Waals surface area contributed by atoms with Gasteiger partial charge in [0.15, 0.2) is 11.4 Å². The Morgan fingerprint density at radius 2 is 2.07 bits per heavy atom. The number of fused-ring (bicyclic) bond motifs is 6. The van der Waals surface area contributed by atoms with Gasteiger partial charge in [-0.1, -0.05) is 13.3 Å². The fourth-order valence-electron chi connectivity index (χ4n) is 4.76. The van der Waals surface area contributed by atoms with Crippen LogP contribution in [0.4, 0.5) is 8.78 Å². The van der Waals surface area contributed by atoms with Crippen LogP contribution in [0.3, 0.4) is 0 Å². The largest absolute Gasteiger partial charge is 0.487 e. The molecule has 29 heavy (non-hydrogen) atoms. The average molecular weight is 410 g/mol. The summed E-state index contributed by atoms with van der Waals surface area (Å²) in [5.41, 5.74) is -1.01. The van der Waals surface area contributed by atoms with Crippen LogP contribution in [-0.2, 0) is 11.3 Å². The number of nitrogens with zero attached hydrogens (tertiary/aromatic N) is 2. The molecule has 0 unspecified atom stereocenters. The minimum absolute atomic E-state index is 0.0567. The van der Waals surface area contributed by atoms with E-state index in [4.69, 9.17) is 9.47 Å². The van der Waals surface area contributed by atoms with E-state index < -0.39 is 29.3 Å². The minimum Gasteiger partial charge on any atom is -0.487 e. The predicted octanol–water partition coefficient (Wildman–Crippen LogP) is 2.46. The number of rotatable bonds is 6. The molecule has 9 heteroatoms. The van der Waals surface area contributed by atoms with Crippen LogP contribution >= 0.6 is 0 Å². The van der Waals surface area contributed by atoms with Crippen LogP contribution in [-0.4, -0.2) is 52.6 Å². The molecule has 3 heterocycles. The van der Waals surface area contributed by atoms with Gasteiger partial charge in [0.25, 0.3) is 11.8 Å². The Bertz CT molecular complexity index is 913. The lowest BCUT2D eigenvalue weighted by molar-refractivity contribution is -0.0870. The molecule has 1 aliphatic carbocycles. The van der Waals surface area contributed by atoms with E-state index in [0.717, 1.165) is 6.42 Å². The molecule has 1 aromatic rings. The number of amides is 1. The number of hydrogen-bond donors (Lipinski definition) is 0. The summed E-state index contributed by atoms with van der Waals surface area (Å²) < 4.78 is 40.7. The first kappa shape index (κ1) is 19.8. The number of alkyl halides is 2. The summed E-state index contributed by atoms with van der Waals surface area (Å²) in [7, 11) is 0. The Morgan fingerprint density at radius 3 is 2.76 bits per heavy atom. The predicted molar refractivity (Wildman–Crippen MR) is 98.5 cm³/mol. The second-order valence-electron chi connectivity index (χ2n) is 7.88. The molecule has 2 aliphatic heterocycles. The van der Waals surface area contributed by atoms with Crippen molar-refractivity contribution in [2.45, 2.75) is 64.1 Å². The fourth-order valence-corrected chi connectivity index (χ4v) is 4.76. The van der Waals surface area contributed by atoms with Gasteiger partial charge in [-0.25, -0.2) is 13.6 Å². The molecule has 2 bridgehead atoms. The van der Waals surface area contributed by atoms with Crippen LogP contribution in [0.15, 0.2) is 11.0 Å². The van der Waals surface area contributed by atoms with Gasteiger partial charge in [0.2, 0.25) is 5.43 Å². The number of aromatic nitrogens is 1. The Hall–Kier alpha value is -2.45. The molecule has 0 N–H and O–H groups in total. The van der Waals surface area contributed by atoms with Gasteiger partial charge in [-0.05, 0) is 25.7 Å². The second kappa shape index (κ2) is 7.11. The van der Waals surface area contributed by atoms with Gasteiger partial charge in [0.1, 0.15) is 5.56 Å². The smallest absolute Gasteiger partial charge is 0.343 e. The SMILES string of the molecule is CCCCOc1c2n(cc(C(=O)OCC)c1=O)C[C@H]1[C@H]3C[C@@H](N1C2=O)C(F)(F)C3. The Kier molecular flexibility index (Phi) is 4.86. The average Bonchev–Trinajstić information content (AvgIpc) is 3.17. The number of halogens is 2. The molecule has 1 aromatic heterocycles. The molecule has 7 nitrogen and oxygen atoms in total. The summed E-state index contributed by atoms with van der Waals surface area (Å²) in [6.07, 6.45) is 2.76. The van der Waals surface area contributed by atoms with Crippen molar-refractivity contribution in [2.24, 2.45) is 5.92 Å². The summed E-state index contributed by atoms with van der Waals surface area (Å²) in [5.74, 6) is -4.90. The quantitative estimate of drug-likeness (QED) is 0.532. The maximum absolute atomic E-state index is 14.3. The van der Waals surface area contributed by atoms with Crippen molar-refractivity contribution >= 4 is 11.9 Å². The van der Waals surface area contributed by atoms with Crippen LogP contribution in [0.2, 0.25) is 0 Å². The number of carbonyl (C=O) groups excluding carboxylic acids is 2. The van der Waals surface area contributed by atoms with Crippen molar-refractivity contribution in [2.75, 3.05) is 13.2 Å². The van der Waals surface area contributed by atoms with Crippen molar-refractivity contribution in [3.63, 3.8) is 0 Å². The van der Waals surface area contributed by atoms with Crippen molar-refractivity contribution in [3.05, 3.63) is 27.7 Å². The van der Waals surface area contributed by atoms with E-state index in [1.807, 2.05) is 6.92 Å². The Labute approximate surface area is 166 Å². The van der Waals surface area contributed by atoms with E-state index in [9.17, 15) is 23.2 Å².